The van der Waals surface area contributed by atoms with Crippen LogP contribution in [-0.4, -0.2) is 37.7 Å². The summed E-state index contributed by atoms with van der Waals surface area (Å²) in [5, 5.41) is 0. The van der Waals surface area contributed by atoms with Gasteiger partial charge in [0.15, 0.2) is 0 Å². The number of hydrogen-bond donors (Lipinski definition) is 1. The van der Waals surface area contributed by atoms with Gasteiger partial charge in [0.2, 0.25) is 0 Å². The Kier molecular flexibility index (Phi) is 7.63. The number of likely N-dealkylation sites (N-methyl/N-ethyl adjacent to an activating group) is 1. The summed E-state index contributed by atoms with van der Waals surface area (Å²) in [4.78, 5) is 2.41. The topological polar surface area (TPSA) is 38.5 Å². The fourth-order valence-electron chi connectivity index (χ4n) is 2.37. The maximum Gasteiger partial charge on any atom is 0.122 e. The van der Waals surface area contributed by atoms with Gasteiger partial charge in [0, 0.05) is 12.1 Å². The fraction of sp³-hybridized carbons (Fsp3) is 0.647. The van der Waals surface area contributed by atoms with Gasteiger partial charge in [-0.05, 0) is 57.8 Å². The maximum absolute atomic E-state index is 5.96. The minimum atomic E-state index is 0.355. The first-order chi connectivity index (χ1) is 9.58. The Labute approximate surface area is 124 Å². The molecule has 0 radical (unpaired) electrons. The Hall–Kier alpha value is -1.06. The van der Waals surface area contributed by atoms with Gasteiger partial charge >= 0.3 is 0 Å². The van der Waals surface area contributed by atoms with Crippen molar-refractivity contribution in [1.29, 1.82) is 0 Å². The molecule has 0 bridgehead atoms. The maximum atomic E-state index is 5.96. The zero-order valence-electron chi connectivity index (χ0n) is 13.4. The molecule has 0 saturated carbocycles. The van der Waals surface area contributed by atoms with Gasteiger partial charge in [-0.3, -0.25) is 0 Å². The summed E-state index contributed by atoms with van der Waals surface area (Å²) in [5.41, 5.74) is 7.24. The Morgan fingerprint density at radius 3 is 2.65 bits per heavy atom. The summed E-state index contributed by atoms with van der Waals surface area (Å²) in [6.45, 7) is 5.52. The minimum absolute atomic E-state index is 0.355. The highest BCUT2D eigenvalue weighted by atomic mass is 16.5. The molecule has 1 rings (SSSR count). The monoisotopic (exact) mass is 278 g/mol. The zero-order chi connectivity index (χ0) is 15.0. The van der Waals surface area contributed by atoms with Crippen LogP contribution in [0.1, 0.15) is 38.7 Å². The molecule has 3 nitrogen and oxygen atoms in total. The lowest BCUT2D eigenvalue weighted by atomic mass is 10.0. The molecule has 114 valence electrons. The van der Waals surface area contributed by atoms with Crippen LogP contribution in [0.2, 0.25) is 0 Å². The van der Waals surface area contributed by atoms with E-state index in [1.54, 1.807) is 7.11 Å². The number of hydrogen-bond acceptors (Lipinski definition) is 3. The van der Waals surface area contributed by atoms with Crippen molar-refractivity contribution in [2.45, 2.75) is 51.6 Å². The fourth-order valence-corrected chi connectivity index (χ4v) is 2.37. The van der Waals surface area contributed by atoms with Gasteiger partial charge in [0.05, 0.1) is 7.11 Å². The summed E-state index contributed by atoms with van der Waals surface area (Å²) in [6.07, 6.45) is 4.37. The smallest absolute Gasteiger partial charge is 0.122 e. The van der Waals surface area contributed by atoms with Crippen LogP contribution in [0.25, 0.3) is 0 Å². The van der Waals surface area contributed by atoms with Crippen LogP contribution >= 0.6 is 0 Å². The van der Waals surface area contributed by atoms with E-state index < -0.39 is 0 Å². The third kappa shape index (κ3) is 5.51. The van der Waals surface area contributed by atoms with E-state index in [9.17, 15) is 0 Å². The van der Waals surface area contributed by atoms with Crippen LogP contribution in [0.5, 0.6) is 5.75 Å². The molecular formula is C17H30N2O. The van der Waals surface area contributed by atoms with Crippen LogP contribution in [0.4, 0.5) is 0 Å². The van der Waals surface area contributed by atoms with E-state index in [1.807, 2.05) is 12.1 Å². The molecule has 0 aliphatic carbocycles. The van der Waals surface area contributed by atoms with Gasteiger partial charge < -0.3 is 15.4 Å². The molecule has 0 fully saturated rings. The second-order valence-corrected chi connectivity index (χ2v) is 5.66. The SMILES string of the molecule is CCC(N)CCCN(C)C(C)Cc1ccccc1OC. The van der Waals surface area contributed by atoms with Gasteiger partial charge in [-0.1, -0.05) is 25.1 Å². The predicted octanol–water partition coefficient (Wildman–Crippen LogP) is 3.08. The Morgan fingerprint density at radius 1 is 1.30 bits per heavy atom. The number of para-hydroxylation sites is 1. The number of methoxy groups -OCH3 is 1. The molecule has 0 saturated heterocycles. The molecular weight excluding hydrogens is 248 g/mol. The van der Waals surface area contributed by atoms with Crippen molar-refractivity contribution < 1.29 is 4.74 Å². The van der Waals surface area contributed by atoms with Crippen molar-refractivity contribution in [1.82, 2.24) is 4.90 Å². The van der Waals surface area contributed by atoms with E-state index in [4.69, 9.17) is 10.5 Å². The van der Waals surface area contributed by atoms with E-state index in [0.29, 0.717) is 12.1 Å². The number of nitrogens with two attached hydrogens (primary N) is 1. The van der Waals surface area contributed by atoms with Crippen molar-refractivity contribution in [3.05, 3.63) is 29.8 Å². The average molecular weight is 278 g/mol. The summed E-state index contributed by atoms with van der Waals surface area (Å²) < 4.78 is 5.42. The highest BCUT2D eigenvalue weighted by molar-refractivity contribution is 5.33. The Bertz CT molecular complexity index is 381. The first kappa shape index (κ1) is 17.0. The third-order valence-electron chi connectivity index (χ3n) is 4.07. The van der Waals surface area contributed by atoms with Crippen molar-refractivity contribution in [3.8, 4) is 5.75 Å². The van der Waals surface area contributed by atoms with E-state index in [2.05, 4.69) is 37.9 Å². The summed E-state index contributed by atoms with van der Waals surface area (Å²) in [5.74, 6) is 0.987. The molecule has 2 unspecified atom stereocenters. The number of nitrogens with zero attached hydrogens (tertiary/aromatic N) is 1. The molecule has 1 aromatic carbocycles. The first-order valence-corrected chi connectivity index (χ1v) is 7.66. The summed E-state index contributed by atoms with van der Waals surface area (Å²) in [7, 11) is 3.93. The van der Waals surface area contributed by atoms with Crippen LogP contribution < -0.4 is 10.5 Å². The molecule has 0 spiro atoms. The molecule has 0 aromatic heterocycles. The minimum Gasteiger partial charge on any atom is -0.496 e. The summed E-state index contributed by atoms with van der Waals surface area (Å²) in [6, 6.07) is 9.13. The molecule has 0 aliphatic rings. The quantitative estimate of drug-likeness (QED) is 0.754. The van der Waals surface area contributed by atoms with E-state index >= 15 is 0 Å². The normalized spacial score (nSPS) is 14.3. The molecule has 2 N–H and O–H groups in total. The second-order valence-electron chi connectivity index (χ2n) is 5.66. The Morgan fingerprint density at radius 2 is 2.00 bits per heavy atom. The molecule has 0 heterocycles. The standard InChI is InChI=1S/C17H30N2O/c1-5-16(18)10-8-12-19(3)14(2)13-15-9-6-7-11-17(15)20-4/h6-7,9,11,14,16H,5,8,10,12-13,18H2,1-4H3. The van der Waals surface area contributed by atoms with Crippen molar-refractivity contribution in [3.63, 3.8) is 0 Å². The molecule has 20 heavy (non-hydrogen) atoms. The van der Waals surface area contributed by atoms with Crippen molar-refractivity contribution in [2.24, 2.45) is 5.73 Å². The zero-order valence-corrected chi connectivity index (χ0v) is 13.4. The molecule has 0 amide bonds. The summed E-state index contributed by atoms with van der Waals surface area (Å²) >= 11 is 0. The number of ether oxygens (including phenoxy) is 1. The third-order valence-corrected chi connectivity index (χ3v) is 4.07. The molecule has 2 atom stereocenters. The van der Waals surface area contributed by atoms with Crippen LogP contribution in [0, 0.1) is 0 Å². The lowest BCUT2D eigenvalue weighted by Crippen LogP contribution is -2.32. The first-order valence-electron chi connectivity index (χ1n) is 7.66. The lowest BCUT2D eigenvalue weighted by molar-refractivity contribution is 0.247. The van der Waals surface area contributed by atoms with Gasteiger partial charge in [0.25, 0.3) is 0 Å². The lowest BCUT2D eigenvalue weighted by Gasteiger charge is -2.25. The van der Waals surface area contributed by atoms with Crippen LogP contribution in [0.15, 0.2) is 24.3 Å². The molecule has 0 aliphatic heterocycles. The van der Waals surface area contributed by atoms with Crippen molar-refractivity contribution >= 4 is 0 Å². The van der Waals surface area contributed by atoms with E-state index in [1.165, 1.54) is 12.0 Å². The molecule has 1 aromatic rings. The van der Waals surface area contributed by atoms with Gasteiger partial charge in [-0.2, -0.15) is 0 Å². The average Bonchev–Trinajstić information content (AvgIpc) is 2.47. The van der Waals surface area contributed by atoms with E-state index in [0.717, 1.165) is 31.6 Å². The van der Waals surface area contributed by atoms with Gasteiger partial charge in [-0.25, -0.2) is 0 Å². The van der Waals surface area contributed by atoms with E-state index in [-0.39, 0.29) is 0 Å². The van der Waals surface area contributed by atoms with Gasteiger partial charge in [-0.15, -0.1) is 0 Å². The van der Waals surface area contributed by atoms with Crippen molar-refractivity contribution in [2.75, 3.05) is 20.7 Å². The highest BCUT2D eigenvalue weighted by Gasteiger charge is 2.12. The largest absolute Gasteiger partial charge is 0.496 e. The van der Waals surface area contributed by atoms with Gasteiger partial charge in [0.1, 0.15) is 5.75 Å². The van der Waals surface area contributed by atoms with Crippen LogP contribution in [0.3, 0.4) is 0 Å². The molecule has 3 heteroatoms. The predicted molar refractivity (Wildman–Crippen MR) is 86.3 cm³/mol. The van der Waals surface area contributed by atoms with Crippen LogP contribution in [-0.2, 0) is 6.42 Å². The number of rotatable bonds is 9. The second kappa shape index (κ2) is 8.98. The number of benzene rings is 1. The Balaban J connectivity index is 2.43. The highest BCUT2D eigenvalue weighted by Crippen LogP contribution is 2.20.